The topological polar surface area (TPSA) is 12.0 Å². The van der Waals surface area contributed by atoms with Crippen molar-refractivity contribution in [1.29, 1.82) is 0 Å². The number of hydrogen-bond acceptors (Lipinski definition) is 2. The lowest BCUT2D eigenvalue weighted by Gasteiger charge is -2.21. The summed E-state index contributed by atoms with van der Waals surface area (Å²) in [6.07, 6.45) is 5.40. The van der Waals surface area contributed by atoms with E-state index >= 15 is 0 Å². The summed E-state index contributed by atoms with van der Waals surface area (Å²) in [6.45, 7) is 6.63. The molecule has 2 rings (SSSR count). The summed E-state index contributed by atoms with van der Waals surface area (Å²) in [5.74, 6) is 0.947. The van der Waals surface area contributed by atoms with Crippen LogP contribution in [0.5, 0.6) is 0 Å². The predicted molar refractivity (Wildman–Crippen MR) is 67.5 cm³/mol. The first-order valence-electron chi connectivity index (χ1n) is 6.14. The van der Waals surface area contributed by atoms with Crippen molar-refractivity contribution in [2.24, 2.45) is 5.92 Å². The fourth-order valence-corrected chi connectivity index (χ4v) is 3.62. The second kappa shape index (κ2) is 5.13. The Hall–Kier alpha value is -0.340. The molecule has 2 heteroatoms. The van der Waals surface area contributed by atoms with E-state index in [4.69, 9.17) is 0 Å². The van der Waals surface area contributed by atoms with Crippen LogP contribution in [0.25, 0.3) is 0 Å². The van der Waals surface area contributed by atoms with Crippen LogP contribution < -0.4 is 5.32 Å². The predicted octanol–water partition coefficient (Wildman–Crippen LogP) is 3.37. The molecule has 1 atom stereocenters. The van der Waals surface area contributed by atoms with Crippen LogP contribution in [0.1, 0.15) is 42.7 Å². The Bertz CT molecular complexity index is 303. The van der Waals surface area contributed by atoms with Gasteiger partial charge in [-0.15, -0.1) is 11.3 Å². The zero-order valence-corrected chi connectivity index (χ0v) is 10.6. The van der Waals surface area contributed by atoms with Gasteiger partial charge in [-0.1, -0.05) is 20.3 Å². The van der Waals surface area contributed by atoms with Gasteiger partial charge in [-0.3, -0.25) is 0 Å². The van der Waals surface area contributed by atoms with Gasteiger partial charge < -0.3 is 5.32 Å². The number of nitrogens with one attached hydrogen (secondary N) is 1. The summed E-state index contributed by atoms with van der Waals surface area (Å²) in [5.41, 5.74) is 3.23. The molecule has 1 aliphatic carbocycles. The molecule has 15 heavy (non-hydrogen) atoms. The largest absolute Gasteiger partial charge is 0.313 e. The monoisotopic (exact) mass is 223 g/mol. The van der Waals surface area contributed by atoms with Gasteiger partial charge in [0.1, 0.15) is 0 Å². The second-order valence-electron chi connectivity index (χ2n) is 4.46. The lowest BCUT2D eigenvalue weighted by atomic mass is 9.86. The zero-order chi connectivity index (χ0) is 10.7. The maximum Gasteiger partial charge on any atom is 0.0216 e. The van der Waals surface area contributed by atoms with Crippen LogP contribution >= 0.6 is 11.3 Å². The highest BCUT2D eigenvalue weighted by molar-refractivity contribution is 7.10. The molecule has 1 aliphatic rings. The third kappa shape index (κ3) is 2.43. The van der Waals surface area contributed by atoms with E-state index < -0.39 is 0 Å². The van der Waals surface area contributed by atoms with Crippen molar-refractivity contribution in [3.8, 4) is 0 Å². The van der Waals surface area contributed by atoms with E-state index in [1.165, 1.54) is 25.7 Å². The molecular weight excluding hydrogens is 202 g/mol. The van der Waals surface area contributed by atoms with E-state index in [1.807, 2.05) is 11.3 Å². The molecule has 1 N–H and O–H groups in total. The minimum atomic E-state index is 0.947. The van der Waals surface area contributed by atoms with Crippen LogP contribution in [0.4, 0.5) is 0 Å². The zero-order valence-electron chi connectivity index (χ0n) is 9.81. The molecule has 1 heterocycles. The number of thiophene rings is 1. The molecule has 0 aromatic carbocycles. The maximum atomic E-state index is 3.43. The van der Waals surface area contributed by atoms with Crippen LogP contribution in [-0.4, -0.2) is 6.54 Å². The Kier molecular flexibility index (Phi) is 3.81. The Morgan fingerprint density at radius 2 is 2.33 bits per heavy atom. The van der Waals surface area contributed by atoms with E-state index in [9.17, 15) is 0 Å². The third-order valence-electron chi connectivity index (χ3n) is 3.49. The lowest BCUT2D eigenvalue weighted by Crippen LogP contribution is -2.16. The van der Waals surface area contributed by atoms with Crippen molar-refractivity contribution in [2.75, 3.05) is 6.54 Å². The minimum absolute atomic E-state index is 0.947. The van der Waals surface area contributed by atoms with Gasteiger partial charge in [0.15, 0.2) is 0 Å². The second-order valence-corrected chi connectivity index (χ2v) is 5.42. The molecular formula is C13H21NS. The molecule has 0 amide bonds. The van der Waals surface area contributed by atoms with Crippen LogP contribution in [0.2, 0.25) is 0 Å². The van der Waals surface area contributed by atoms with Crippen molar-refractivity contribution in [1.82, 2.24) is 5.32 Å². The summed E-state index contributed by atoms with van der Waals surface area (Å²) in [6, 6.07) is 0. The Labute approximate surface area is 96.9 Å². The summed E-state index contributed by atoms with van der Waals surface area (Å²) in [5, 5.41) is 5.80. The van der Waals surface area contributed by atoms with E-state index in [0.717, 1.165) is 19.0 Å². The van der Waals surface area contributed by atoms with Gasteiger partial charge in [0.25, 0.3) is 0 Å². The highest BCUT2D eigenvalue weighted by atomic mass is 32.1. The van der Waals surface area contributed by atoms with Gasteiger partial charge in [-0.05, 0) is 48.2 Å². The fraction of sp³-hybridized carbons (Fsp3) is 0.692. The Morgan fingerprint density at radius 3 is 3.07 bits per heavy atom. The Balaban J connectivity index is 2.08. The number of rotatable bonds is 4. The summed E-state index contributed by atoms with van der Waals surface area (Å²) < 4.78 is 0. The van der Waals surface area contributed by atoms with Crippen molar-refractivity contribution >= 4 is 11.3 Å². The van der Waals surface area contributed by atoms with Crippen LogP contribution in [0, 0.1) is 5.92 Å². The van der Waals surface area contributed by atoms with E-state index in [-0.39, 0.29) is 0 Å². The molecule has 1 aromatic rings. The van der Waals surface area contributed by atoms with Crippen molar-refractivity contribution in [3.63, 3.8) is 0 Å². The van der Waals surface area contributed by atoms with E-state index in [1.54, 1.807) is 16.0 Å². The Morgan fingerprint density at radius 1 is 1.47 bits per heavy atom. The summed E-state index contributed by atoms with van der Waals surface area (Å²) in [4.78, 5) is 1.67. The molecule has 0 radical (unpaired) electrons. The molecule has 1 nitrogen and oxygen atoms in total. The molecule has 84 valence electrons. The van der Waals surface area contributed by atoms with Crippen molar-refractivity contribution in [2.45, 2.75) is 46.1 Å². The highest BCUT2D eigenvalue weighted by Crippen LogP contribution is 2.33. The van der Waals surface area contributed by atoms with Crippen molar-refractivity contribution < 1.29 is 0 Å². The minimum Gasteiger partial charge on any atom is -0.313 e. The fourth-order valence-electron chi connectivity index (χ4n) is 2.40. The summed E-state index contributed by atoms with van der Waals surface area (Å²) in [7, 11) is 0. The molecule has 0 bridgehead atoms. The average molecular weight is 223 g/mol. The van der Waals surface area contributed by atoms with Gasteiger partial charge in [0.05, 0.1) is 0 Å². The quantitative estimate of drug-likeness (QED) is 0.825. The maximum absolute atomic E-state index is 3.43. The SMILES string of the molecule is CCNCc1csc2c1CCC(CC)C2. The first-order valence-corrected chi connectivity index (χ1v) is 7.01. The smallest absolute Gasteiger partial charge is 0.0216 e. The molecule has 0 aliphatic heterocycles. The number of fused-ring (bicyclic) bond motifs is 1. The average Bonchev–Trinajstić information content (AvgIpc) is 2.68. The summed E-state index contributed by atoms with van der Waals surface area (Å²) >= 11 is 1.98. The first kappa shape index (κ1) is 11.2. The lowest BCUT2D eigenvalue weighted by molar-refractivity contribution is 0.448. The third-order valence-corrected chi connectivity index (χ3v) is 4.59. The van der Waals surface area contributed by atoms with Crippen molar-refractivity contribution in [3.05, 3.63) is 21.4 Å². The molecule has 0 saturated carbocycles. The first-order chi connectivity index (χ1) is 7.35. The van der Waals surface area contributed by atoms with E-state index in [2.05, 4.69) is 24.5 Å². The van der Waals surface area contributed by atoms with Gasteiger partial charge in [-0.25, -0.2) is 0 Å². The van der Waals surface area contributed by atoms with Gasteiger partial charge in [-0.2, -0.15) is 0 Å². The van der Waals surface area contributed by atoms with Crippen LogP contribution in [-0.2, 0) is 19.4 Å². The standard InChI is InChI=1S/C13H21NS/c1-3-10-5-6-12-11(8-14-4-2)9-15-13(12)7-10/h9-10,14H,3-8H2,1-2H3. The molecule has 1 aromatic heterocycles. The van der Waals surface area contributed by atoms with E-state index in [0.29, 0.717) is 0 Å². The van der Waals surface area contributed by atoms with Gasteiger partial charge in [0, 0.05) is 11.4 Å². The van der Waals surface area contributed by atoms with Gasteiger partial charge in [0.2, 0.25) is 0 Å². The van der Waals surface area contributed by atoms with Gasteiger partial charge >= 0.3 is 0 Å². The normalized spacial score (nSPS) is 20.3. The molecule has 0 spiro atoms. The number of hydrogen-bond donors (Lipinski definition) is 1. The highest BCUT2D eigenvalue weighted by Gasteiger charge is 2.20. The van der Waals surface area contributed by atoms with Crippen LogP contribution in [0.3, 0.4) is 0 Å². The molecule has 0 saturated heterocycles. The molecule has 1 unspecified atom stereocenters. The van der Waals surface area contributed by atoms with Crippen LogP contribution in [0.15, 0.2) is 5.38 Å². The molecule has 0 fully saturated rings.